The van der Waals surface area contributed by atoms with Crippen LogP contribution in [0, 0.1) is 0 Å². The summed E-state index contributed by atoms with van der Waals surface area (Å²) in [6, 6.07) is -0.763. The maximum absolute atomic E-state index is 12.9. The number of nitrogens with zero attached hydrogens (tertiary/aromatic N) is 1. The third kappa shape index (κ3) is 53.0. The number of aliphatic hydroxyl groups is 1. The number of carbonyl (C=O) groups excluding carboxylic acids is 1. The highest BCUT2D eigenvalue weighted by Gasteiger charge is 2.28. The molecule has 0 saturated heterocycles. The molecule has 1 amide bonds. The molecule has 402 valence electrons. The van der Waals surface area contributed by atoms with Crippen LogP contribution in [0.2, 0.25) is 0 Å². The molecule has 0 saturated carbocycles. The molecule has 0 aliphatic carbocycles. The molecule has 0 aliphatic heterocycles. The van der Waals surface area contributed by atoms with Crippen molar-refractivity contribution in [3.8, 4) is 0 Å². The zero-order valence-corrected chi connectivity index (χ0v) is 46.6. The Kier molecular flexibility index (Phi) is 49.0. The fraction of sp³-hybridized carbons (Fsp3) is 0.689. The van der Waals surface area contributed by atoms with Gasteiger partial charge in [-0.2, -0.15) is 0 Å². The molecule has 0 spiro atoms. The predicted octanol–water partition coefficient (Wildman–Crippen LogP) is 17.2. The molecule has 9 heteroatoms. The Labute approximate surface area is 431 Å². The molecule has 0 aliphatic rings. The summed E-state index contributed by atoms with van der Waals surface area (Å²) in [4.78, 5) is 23.1. The van der Waals surface area contributed by atoms with Crippen molar-refractivity contribution < 1.29 is 32.9 Å². The fourth-order valence-electron chi connectivity index (χ4n) is 7.63. The Morgan fingerprint density at radius 3 is 1.26 bits per heavy atom. The Bertz CT molecular complexity index is 1500. The number of rotatable bonds is 50. The zero-order valence-electron chi connectivity index (χ0n) is 45.7. The number of hydrogen-bond acceptors (Lipinski definition) is 5. The van der Waals surface area contributed by atoms with Gasteiger partial charge >= 0.3 is 7.82 Å². The number of allylic oxidation sites excluding steroid dienone is 18. The molecule has 8 nitrogen and oxygen atoms in total. The van der Waals surface area contributed by atoms with E-state index >= 15 is 0 Å². The highest BCUT2D eigenvalue weighted by atomic mass is 31.2. The van der Waals surface area contributed by atoms with Gasteiger partial charge in [0.2, 0.25) is 5.91 Å². The van der Waals surface area contributed by atoms with Crippen molar-refractivity contribution in [1.82, 2.24) is 5.32 Å². The lowest BCUT2D eigenvalue weighted by molar-refractivity contribution is -0.870. The van der Waals surface area contributed by atoms with E-state index in [4.69, 9.17) is 9.05 Å². The molecule has 0 aromatic rings. The molecule has 0 radical (unpaired) electrons. The maximum Gasteiger partial charge on any atom is 0.472 e. The average Bonchev–Trinajstić information content (AvgIpc) is 3.32. The Morgan fingerprint density at radius 1 is 0.500 bits per heavy atom. The van der Waals surface area contributed by atoms with Gasteiger partial charge in [0.05, 0.1) is 39.9 Å². The van der Waals surface area contributed by atoms with E-state index in [2.05, 4.69) is 129 Å². The SMILES string of the molecule is CC/C=C\C/C=C\C/C=C\C/C=C\C/C=C\C/C=C\C/C=C\C/C=C\C/C=C\CCCCCCCCCCCCCCCC(=O)NC(COP(=O)(O)OCC[N+](C)(C)C)C(O)CCCCCCCCC. The number of carbonyl (C=O) groups is 1. The highest BCUT2D eigenvalue weighted by molar-refractivity contribution is 7.47. The molecule has 0 heterocycles. The van der Waals surface area contributed by atoms with E-state index in [0.717, 1.165) is 96.3 Å². The van der Waals surface area contributed by atoms with Crippen molar-refractivity contribution in [2.24, 2.45) is 0 Å². The summed E-state index contributed by atoms with van der Waals surface area (Å²) < 4.78 is 23.6. The zero-order chi connectivity index (χ0) is 51.3. The van der Waals surface area contributed by atoms with E-state index in [-0.39, 0.29) is 19.1 Å². The van der Waals surface area contributed by atoms with Crippen LogP contribution in [0.1, 0.15) is 219 Å². The Balaban J connectivity index is 3.90. The lowest BCUT2D eigenvalue weighted by atomic mass is 10.0. The van der Waals surface area contributed by atoms with Crippen molar-refractivity contribution in [3.63, 3.8) is 0 Å². The first-order chi connectivity index (χ1) is 34.0. The molecule has 0 fully saturated rings. The van der Waals surface area contributed by atoms with Crippen LogP contribution < -0.4 is 5.32 Å². The molecule has 0 aromatic heterocycles. The summed E-state index contributed by atoms with van der Waals surface area (Å²) in [5, 5.41) is 13.9. The molecular formula is C61H108N2O6P+. The lowest BCUT2D eigenvalue weighted by Gasteiger charge is -2.26. The third-order valence-corrected chi connectivity index (χ3v) is 13.0. The molecule has 0 rings (SSSR count). The minimum atomic E-state index is -4.31. The normalized spacial score (nSPS) is 14.8. The molecule has 3 unspecified atom stereocenters. The highest BCUT2D eigenvalue weighted by Crippen LogP contribution is 2.43. The van der Waals surface area contributed by atoms with Crippen molar-refractivity contribution in [3.05, 3.63) is 109 Å². The van der Waals surface area contributed by atoms with E-state index in [0.29, 0.717) is 23.9 Å². The van der Waals surface area contributed by atoms with Crippen molar-refractivity contribution in [1.29, 1.82) is 0 Å². The van der Waals surface area contributed by atoms with Crippen molar-refractivity contribution in [2.75, 3.05) is 40.9 Å². The fourth-order valence-corrected chi connectivity index (χ4v) is 8.36. The molecule has 3 N–H and O–H groups in total. The minimum Gasteiger partial charge on any atom is -0.391 e. The average molecular weight is 997 g/mol. The first-order valence-corrected chi connectivity index (χ1v) is 29.7. The number of phosphoric ester groups is 1. The van der Waals surface area contributed by atoms with E-state index < -0.39 is 20.0 Å². The molecule has 0 aromatic carbocycles. The van der Waals surface area contributed by atoms with E-state index in [1.165, 1.54) is 96.3 Å². The second-order valence-electron chi connectivity index (χ2n) is 19.9. The Morgan fingerprint density at radius 2 is 0.857 bits per heavy atom. The number of amides is 1. The van der Waals surface area contributed by atoms with Gasteiger partial charge in [0, 0.05) is 6.42 Å². The summed E-state index contributed by atoms with van der Waals surface area (Å²) in [5.41, 5.74) is 0. The number of hydrogen-bond donors (Lipinski definition) is 3. The van der Waals surface area contributed by atoms with Gasteiger partial charge in [0.15, 0.2) is 0 Å². The number of nitrogens with one attached hydrogen (secondary N) is 1. The third-order valence-electron chi connectivity index (χ3n) is 12.0. The summed E-state index contributed by atoms with van der Waals surface area (Å²) in [7, 11) is 1.60. The first kappa shape index (κ1) is 67.2. The molecule has 3 atom stereocenters. The van der Waals surface area contributed by atoms with Crippen molar-refractivity contribution in [2.45, 2.75) is 231 Å². The van der Waals surface area contributed by atoms with Gasteiger partial charge in [-0.15, -0.1) is 0 Å². The van der Waals surface area contributed by atoms with Crippen LogP contribution in [-0.4, -0.2) is 73.4 Å². The largest absolute Gasteiger partial charge is 0.472 e. The number of quaternary nitrogens is 1. The lowest BCUT2D eigenvalue weighted by Crippen LogP contribution is -2.46. The molecule has 70 heavy (non-hydrogen) atoms. The standard InChI is InChI=1S/C61H107N2O6P/c1-6-8-10-12-14-15-16-17-18-19-20-21-22-23-24-25-26-27-28-29-30-31-32-33-34-35-36-37-38-39-40-41-42-43-44-45-46-47-49-51-53-55-61(65)62-59(60(64)54-52-50-48-13-11-9-7-2)58-69-70(66,67)68-57-56-63(3,4)5/h8,10,14-15,17-18,20-21,23-24,26-27,29-30,32-33,35-36,59-60,64H,6-7,9,11-13,16,19,22,25,28,31,34,37-58H2,1-5H3,(H-,62,65,66,67)/p+1/b10-8-,15-14-,18-17-,21-20-,24-23-,27-26-,30-29-,33-32-,36-35-. The second-order valence-corrected chi connectivity index (χ2v) is 21.4. The van der Waals surface area contributed by atoms with Gasteiger partial charge < -0.3 is 19.8 Å². The van der Waals surface area contributed by atoms with E-state index in [1.807, 2.05) is 21.1 Å². The summed E-state index contributed by atoms with van der Waals surface area (Å²) in [6.45, 7) is 4.71. The van der Waals surface area contributed by atoms with Gasteiger partial charge in [-0.3, -0.25) is 13.8 Å². The van der Waals surface area contributed by atoms with E-state index in [9.17, 15) is 19.4 Å². The molecular weight excluding hydrogens is 888 g/mol. The van der Waals surface area contributed by atoms with Crippen LogP contribution in [0.4, 0.5) is 0 Å². The van der Waals surface area contributed by atoms with Crippen molar-refractivity contribution >= 4 is 13.7 Å². The monoisotopic (exact) mass is 996 g/mol. The quantitative estimate of drug-likeness (QED) is 0.0243. The summed E-state index contributed by atoms with van der Waals surface area (Å²) >= 11 is 0. The Hall–Kier alpha value is -2.84. The number of aliphatic hydroxyl groups excluding tert-OH is 1. The minimum absolute atomic E-state index is 0.0703. The van der Waals surface area contributed by atoms with Crippen LogP contribution >= 0.6 is 7.82 Å². The molecule has 0 bridgehead atoms. The van der Waals surface area contributed by atoms with Crippen LogP contribution in [0.25, 0.3) is 0 Å². The number of phosphoric acid groups is 1. The second kappa shape index (κ2) is 51.1. The smallest absolute Gasteiger partial charge is 0.391 e. The predicted molar refractivity (Wildman–Crippen MR) is 304 cm³/mol. The van der Waals surface area contributed by atoms with Gasteiger partial charge in [0.1, 0.15) is 13.2 Å². The van der Waals surface area contributed by atoms with Crippen LogP contribution in [-0.2, 0) is 18.4 Å². The van der Waals surface area contributed by atoms with Crippen LogP contribution in [0.5, 0.6) is 0 Å². The first-order valence-electron chi connectivity index (χ1n) is 28.3. The van der Waals surface area contributed by atoms with Gasteiger partial charge in [-0.05, 0) is 83.5 Å². The van der Waals surface area contributed by atoms with Crippen LogP contribution in [0.15, 0.2) is 109 Å². The maximum atomic E-state index is 12.9. The van der Waals surface area contributed by atoms with E-state index in [1.54, 1.807) is 0 Å². The summed E-state index contributed by atoms with van der Waals surface area (Å²) in [6.07, 6.45) is 74.7. The summed E-state index contributed by atoms with van der Waals surface area (Å²) in [5.74, 6) is -0.154. The van der Waals surface area contributed by atoms with Gasteiger partial charge in [0.25, 0.3) is 0 Å². The van der Waals surface area contributed by atoms with Gasteiger partial charge in [-0.25, -0.2) is 4.57 Å². The van der Waals surface area contributed by atoms with Crippen LogP contribution in [0.3, 0.4) is 0 Å². The number of likely N-dealkylation sites (N-methyl/N-ethyl adjacent to an activating group) is 1. The van der Waals surface area contributed by atoms with Gasteiger partial charge in [-0.1, -0.05) is 239 Å². The number of unbranched alkanes of at least 4 members (excludes halogenated alkanes) is 19. The topological polar surface area (TPSA) is 105 Å².